The topological polar surface area (TPSA) is 55.1 Å². The lowest BCUT2D eigenvalue weighted by atomic mass is 10.0. The maximum atomic E-state index is 12.1. The second kappa shape index (κ2) is 5.72. The summed E-state index contributed by atoms with van der Waals surface area (Å²) < 4.78 is 0. The van der Waals surface area contributed by atoms with Crippen LogP contribution in [-0.4, -0.2) is 18.0 Å². The molecule has 1 amide bonds. The summed E-state index contributed by atoms with van der Waals surface area (Å²) >= 11 is 0. The molecule has 0 atom stereocenters. The number of nitrogens with one attached hydrogen (secondary N) is 1. The van der Waals surface area contributed by atoms with E-state index < -0.39 is 0 Å². The van der Waals surface area contributed by atoms with E-state index in [1.165, 1.54) is 17.5 Å². The van der Waals surface area contributed by atoms with Crippen molar-refractivity contribution < 1.29 is 4.79 Å². The lowest BCUT2D eigenvalue weighted by molar-refractivity contribution is 0.0915. The minimum Gasteiger partial charge on any atom is -0.346 e. The summed E-state index contributed by atoms with van der Waals surface area (Å²) in [6.45, 7) is 4.29. The quantitative estimate of drug-likeness (QED) is 0.882. The first-order valence-corrected chi connectivity index (χ1v) is 6.16. The molecule has 1 aliphatic rings. The van der Waals surface area contributed by atoms with E-state index in [0.29, 0.717) is 6.54 Å². The lowest BCUT2D eigenvalue weighted by Gasteiger charge is -2.24. The molecular formula is C14H21ClN2O. The number of hydrogen-bond donors (Lipinski definition) is 2. The Balaban J connectivity index is 0.00000162. The van der Waals surface area contributed by atoms with Gasteiger partial charge in [-0.25, -0.2) is 0 Å². The third-order valence-electron chi connectivity index (χ3n) is 3.32. The normalized spacial score (nSPS) is 13.7. The number of halogens is 1. The van der Waals surface area contributed by atoms with Crippen LogP contribution in [0.3, 0.4) is 0 Å². The second-order valence-electron chi connectivity index (χ2n) is 5.38. The number of carbonyl (C=O) groups is 1. The zero-order chi connectivity index (χ0) is 12.5. The molecule has 1 aromatic rings. The van der Waals surface area contributed by atoms with Gasteiger partial charge >= 0.3 is 0 Å². The van der Waals surface area contributed by atoms with Crippen molar-refractivity contribution in [1.82, 2.24) is 5.32 Å². The Morgan fingerprint density at radius 2 is 2.00 bits per heavy atom. The van der Waals surface area contributed by atoms with E-state index in [1.54, 1.807) is 0 Å². The summed E-state index contributed by atoms with van der Waals surface area (Å²) in [6.07, 6.45) is 3.44. The van der Waals surface area contributed by atoms with Crippen LogP contribution in [0.1, 0.15) is 41.8 Å². The fourth-order valence-corrected chi connectivity index (χ4v) is 2.14. The smallest absolute Gasteiger partial charge is 0.251 e. The first-order valence-electron chi connectivity index (χ1n) is 6.16. The van der Waals surface area contributed by atoms with Crippen molar-refractivity contribution in [3.63, 3.8) is 0 Å². The minimum atomic E-state index is -0.351. The molecule has 0 bridgehead atoms. The molecule has 1 aliphatic carbocycles. The van der Waals surface area contributed by atoms with Crippen LogP contribution in [-0.2, 0) is 12.8 Å². The van der Waals surface area contributed by atoms with Gasteiger partial charge in [0, 0.05) is 17.6 Å². The van der Waals surface area contributed by atoms with Crippen molar-refractivity contribution in [2.24, 2.45) is 5.73 Å². The molecule has 0 spiro atoms. The van der Waals surface area contributed by atoms with E-state index in [1.807, 2.05) is 26.0 Å². The monoisotopic (exact) mass is 268 g/mol. The Hall–Kier alpha value is -1.06. The summed E-state index contributed by atoms with van der Waals surface area (Å²) in [6, 6.07) is 6.00. The molecule has 0 aromatic heterocycles. The second-order valence-corrected chi connectivity index (χ2v) is 5.38. The third kappa shape index (κ3) is 3.24. The van der Waals surface area contributed by atoms with E-state index in [2.05, 4.69) is 11.4 Å². The van der Waals surface area contributed by atoms with Gasteiger partial charge in [0.15, 0.2) is 0 Å². The summed E-state index contributed by atoms with van der Waals surface area (Å²) in [5, 5.41) is 2.95. The first-order chi connectivity index (χ1) is 8.02. The molecule has 3 N–H and O–H groups in total. The molecule has 4 heteroatoms. The number of aryl methyl sites for hydroxylation is 2. The summed E-state index contributed by atoms with van der Waals surface area (Å²) in [4.78, 5) is 12.1. The highest BCUT2D eigenvalue weighted by Gasteiger charge is 2.20. The van der Waals surface area contributed by atoms with Gasteiger partial charge < -0.3 is 11.1 Å². The SMILES string of the molecule is CC(C)(CN)NC(=O)c1ccc2c(c1)CCC2.Cl. The van der Waals surface area contributed by atoms with Gasteiger partial charge in [0.25, 0.3) is 5.91 Å². The van der Waals surface area contributed by atoms with E-state index in [4.69, 9.17) is 5.73 Å². The van der Waals surface area contributed by atoms with Gasteiger partial charge in [0.2, 0.25) is 0 Å². The molecule has 0 fully saturated rings. The average Bonchev–Trinajstić information content (AvgIpc) is 2.75. The highest BCUT2D eigenvalue weighted by molar-refractivity contribution is 5.95. The van der Waals surface area contributed by atoms with Gasteiger partial charge in [-0.2, -0.15) is 0 Å². The number of hydrogen-bond acceptors (Lipinski definition) is 2. The van der Waals surface area contributed by atoms with E-state index in [0.717, 1.165) is 18.4 Å². The molecule has 1 aromatic carbocycles. The largest absolute Gasteiger partial charge is 0.346 e. The zero-order valence-corrected chi connectivity index (χ0v) is 11.8. The van der Waals surface area contributed by atoms with Gasteiger partial charge in [0.1, 0.15) is 0 Å². The number of nitrogens with two attached hydrogens (primary N) is 1. The molecule has 3 nitrogen and oxygen atoms in total. The van der Waals surface area contributed by atoms with Gasteiger partial charge in [-0.1, -0.05) is 6.07 Å². The van der Waals surface area contributed by atoms with Crippen LogP contribution in [0, 0.1) is 0 Å². The standard InChI is InChI=1S/C14H20N2O.ClH/c1-14(2,9-15)16-13(17)12-7-6-10-4-3-5-11(10)8-12;/h6-8H,3-5,9,15H2,1-2H3,(H,16,17);1H. The molecule has 0 heterocycles. The van der Waals surface area contributed by atoms with Crippen molar-refractivity contribution in [3.8, 4) is 0 Å². The molecule has 100 valence electrons. The summed E-state index contributed by atoms with van der Waals surface area (Å²) in [5.41, 5.74) is 8.71. The number of amides is 1. The Labute approximate surface area is 115 Å². The lowest BCUT2D eigenvalue weighted by Crippen LogP contribution is -2.48. The fourth-order valence-electron chi connectivity index (χ4n) is 2.14. The van der Waals surface area contributed by atoms with E-state index in [9.17, 15) is 4.79 Å². The molecule has 0 saturated carbocycles. The summed E-state index contributed by atoms with van der Waals surface area (Å²) in [5.74, 6) is -0.0323. The Morgan fingerprint density at radius 3 is 2.67 bits per heavy atom. The molecule has 0 radical (unpaired) electrons. The Kier molecular flexibility index (Phi) is 4.77. The van der Waals surface area contributed by atoms with Crippen LogP contribution < -0.4 is 11.1 Å². The number of rotatable bonds is 3. The van der Waals surface area contributed by atoms with Crippen molar-refractivity contribution in [2.45, 2.75) is 38.6 Å². The molecule has 0 aliphatic heterocycles. The van der Waals surface area contributed by atoms with E-state index >= 15 is 0 Å². The maximum absolute atomic E-state index is 12.1. The molecule has 18 heavy (non-hydrogen) atoms. The Bertz CT molecular complexity index is 443. The summed E-state index contributed by atoms with van der Waals surface area (Å²) in [7, 11) is 0. The van der Waals surface area contributed by atoms with Gasteiger partial charge in [-0.3, -0.25) is 4.79 Å². The van der Waals surface area contributed by atoms with Crippen LogP contribution >= 0.6 is 12.4 Å². The number of carbonyl (C=O) groups excluding carboxylic acids is 1. The van der Waals surface area contributed by atoms with Crippen LogP contribution in [0.25, 0.3) is 0 Å². The molecular weight excluding hydrogens is 248 g/mol. The van der Waals surface area contributed by atoms with Crippen molar-refractivity contribution >= 4 is 18.3 Å². The molecule has 2 rings (SSSR count). The predicted octanol–water partition coefficient (Wildman–Crippen LogP) is 2.06. The van der Waals surface area contributed by atoms with E-state index in [-0.39, 0.29) is 23.9 Å². The van der Waals surface area contributed by atoms with Crippen molar-refractivity contribution in [3.05, 3.63) is 34.9 Å². The van der Waals surface area contributed by atoms with Gasteiger partial charge in [0.05, 0.1) is 0 Å². The highest BCUT2D eigenvalue weighted by atomic mass is 35.5. The minimum absolute atomic E-state index is 0. The van der Waals surface area contributed by atoms with Crippen molar-refractivity contribution in [1.29, 1.82) is 0 Å². The third-order valence-corrected chi connectivity index (χ3v) is 3.32. The van der Waals surface area contributed by atoms with Gasteiger partial charge in [-0.05, 0) is 56.4 Å². The number of fused-ring (bicyclic) bond motifs is 1. The maximum Gasteiger partial charge on any atom is 0.251 e. The van der Waals surface area contributed by atoms with Crippen LogP contribution in [0.15, 0.2) is 18.2 Å². The van der Waals surface area contributed by atoms with Crippen molar-refractivity contribution in [2.75, 3.05) is 6.54 Å². The van der Waals surface area contributed by atoms with Crippen LogP contribution in [0.4, 0.5) is 0 Å². The van der Waals surface area contributed by atoms with Crippen LogP contribution in [0.2, 0.25) is 0 Å². The molecule has 0 unspecified atom stereocenters. The number of benzene rings is 1. The zero-order valence-electron chi connectivity index (χ0n) is 11.0. The molecule has 0 saturated heterocycles. The van der Waals surface area contributed by atoms with Gasteiger partial charge in [-0.15, -0.1) is 12.4 Å². The average molecular weight is 269 g/mol. The highest BCUT2D eigenvalue weighted by Crippen LogP contribution is 2.22. The van der Waals surface area contributed by atoms with Crippen LogP contribution in [0.5, 0.6) is 0 Å². The first kappa shape index (κ1) is 15.0. The predicted molar refractivity (Wildman–Crippen MR) is 76.3 cm³/mol. The Morgan fingerprint density at radius 1 is 1.33 bits per heavy atom. The fraction of sp³-hybridized carbons (Fsp3) is 0.500.